The summed E-state index contributed by atoms with van der Waals surface area (Å²) in [7, 11) is 0. The molecule has 5 heteroatoms. The van der Waals surface area contributed by atoms with Gasteiger partial charge >= 0.3 is 29.6 Å². The van der Waals surface area contributed by atoms with Gasteiger partial charge in [0, 0.05) is 6.20 Å². The molecule has 0 aliphatic carbocycles. The molecule has 0 aliphatic rings. The fourth-order valence-corrected chi connectivity index (χ4v) is 0.503. The Morgan fingerprint density at radius 2 is 2.00 bits per heavy atom. The fraction of sp³-hybridized carbons (Fsp3) is 0. The molecule has 0 unspecified atom stereocenters. The summed E-state index contributed by atoms with van der Waals surface area (Å²) >= 11 is 10.0. The fourth-order valence-electron chi connectivity index (χ4n) is 0.300. The van der Waals surface area contributed by atoms with Crippen LogP contribution in [0.1, 0.15) is 0 Å². The third kappa shape index (κ3) is 3.33. The number of rotatable bonds is 0. The Kier molecular flexibility index (Phi) is 4.70. The second kappa shape index (κ2) is 4.41. The Morgan fingerprint density at radius 3 is 2.33 bits per heavy atom. The van der Waals surface area contributed by atoms with Crippen molar-refractivity contribution in [2.24, 2.45) is 0 Å². The summed E-state index contributed by atoms with van der Waals surface area (Å²) in [5.74, 6) is 0. The molecule has 0 radical (unpaired) electrons. The van der Waals surface area contributed by atoms with Crippen molar-refractivity contribution < 1.29 is 29.6 Å². The van der Waals surface area contributed by atoms with Crippen molar-refractivity contribution in [3.8, 4) is 0 Å². The van der Waals surface area contributed by atoms with Crippen LogP contribution in [0.2, 0.25) is 5.15 Å². The van der Waals surface area contributed by atoms with Gasteiger partial charge in [-0.3, -0.25) is 4.98 Å². The van der Waals surface area contributed by atoms with Crippen molar-refractivity contribution in [2.75, 3.05) is 0 Å². The molecular formula is C4H2ClN2NaS. The number of hydrogen-bond acceptors (Lipinski definition) is 3. The average molecular weight is 169 g/mol. The number of halogens is 1. The van der Waals surface area contributed by atoms with E-state index in [0.717, 1.165) is 0 Å². The van der Waals surface area contributed by atoms with Crippen molar-refractivity contribution in [1.82, 2.24) is 9.97 Å². The first kappa shape index (κ1) is 9.59. The van der Waals surface area contributed by atoms with Gasteiger partial charge in [0.05, 0.1) is 6.20 Å². The normalized spacial score (nSPS) is 8.11. The molecule has 2 nitrogen and oxygen atoms in total. The molecule has 0 bridgehead atoms. The minimum atomic E-state index is 0. The summed E-state index contributed by atoms with van der Waals surface area (Å²) in [4.78, 5) is 7.38. The molecule has 42 valence electrons. The molecule has 0 N–H and O–H groups in total. The van der Waals surface area contributed by atoms with Crippen LogP contribution < -0.4 is 29.6 Å². The van der Waals surface area contributed by atoms with E-state index in [4.69, 9.17) is 11.6 Å². The van der Waals surface area contributed by atoms with Gasteiger partial charge in [0.1, 0.15) is 5.15 Å². The minimum Gasteiger partial charge on any atom is -0.759 e. The largest absolute Gasteiger partial charge is 1.00 e. The molecule has 0 saturated heterocycles. The average Bonchev–Trinajstić information content (AvgIpc) is 1.77. The minimum absolute atomic E-state index is 0. The zero-order valence-corrected chi connectivity index (χ0v) is 8.41. The van der Waals surface area contributed by atoms with Crippen LogP contribution in [-0.4, -0.2) is 9.97 Å². The van der Waals surface area contributed by atoms with Crippen molar-refractivity contribution in [2.45, 2.75) is 5.03 Å². The van der Waals surface area contributed by atoms with Gasteiger partial charge in [0.25, 0.3) is 0 Å². The number of aromatic nitrogens is 2. The van der Waals surface area contributed by atoms with Crippen LogP contribution in [-0.2, 0) is 12.6 Å². The van der Waals surface area contributed by atoms with Gasteiger partial charge in [-0.2, -0.15) is 0 Å². The first-order valence-corrected chi connectivity index (χ1v) is 2.72. The molecule has 0 amide bonds. The summed E-state index contributed by atoms with van der Waals surface area (Å²) in [6, 6.07) is 0. The summed E-state index contributed by atoms with van der Waals surface area (Å²) in [5, 5.41) is 0.841. The van der Waals surface area contributed by atoms with Crippen LogP contribution >= 0.6 is 11.6 Å². The van der Waals surface area contributed by atoms with E-state index in [1.54, 1.807) is 0 Å². The molecule has 0 saturated carbocycles. The van der Waals surface area contributed by atoms with E-state index in [2.05, 4.69) is 22.6 Å². The zero-order chi connectivity index (χ0) is 5.98. The summed E-state index contributed by atoms with van der Waals surface area (Å²) < 4.78 is 0. The molecule has 1 aromatic heterocycles. The van der Waals surface area contributed by atoms with Crippen molar-refractivity contribution in [3.63, 3.8) is 0 Å². The predicted octanol–water partition coefficient (Wildman–Crippen LogP) is -1.96. The number of hydrogen-bond donors (Lipinski definition) is 0. The maximum absolute atomic E-state index is 5.39. The third-order valence-electron chi connectivity index (χ3n) is 0.597. The smallest absolute Gasteiger partial charge is 0.759 e. The molecule has 1 heterocycles. The van der Waals surface area contributed by atoms with Crippen LogP contribution in [0.5, 0.6) is 0 Å². The van der Waals surface area contributed by atoms with Gasteiger partial charge in [0.15, 0.2) is 0 Å². The molecular weight excluding hydrogens is 167 g/mol. The Bertz CT molecular complexity index is 157. The van der Waals surface area contributed by atoms with E-state index in [0.29, 0.717) is 10.2 Å². The van der Waals surface area contributed by atoms with Gasteiger partial charge in [-0.25, -0.2) is 4.98 Å². The second-order valence-corrected chi connectivity index (χ2v) is 1.98. The van der Waals surface area contributed by atoms with Crippen LogP contribution in [0.3, 0.4) is 0 Å². The maximum atomic E-state index is 5.39. The van der Waals surface area contributed by atoms with Crippen molar-refractivity contribution >= 4 is 24.2 Å². The summed E-state index contributed by atoms with van der Waals surface area (Å²) in [6.45, 7) is 0. The van der Waals surface area contributed by atoms with Crippen LogP contribution in [0.4, 0.5) is 0 Å². The van der Waals surface area contributed by atoms with Crippen LogP contribution in [0.25, 0.3) is 0 Å². The predicted molar refractivity (Wildman–Crippen MR) is 32.7 cm³/mol. The Hall–Kier alpha value is 0.590. The standard InChI is InChI=1S/C4H3ClN2S.Na/c5-3-1-7-4(8)2-6-3;/h1-2H,(H,7,8);/q;+1/p-1. The molecule has 1 aromatic rings. The molecule has 0 fully saturated rings. The molecule has 0 aromatic carbocycles. The molecule has 0 aliphatic heterocycles. The molecule has 0 spiro atoms. The quantitative estimate of drug-likeness (QED) is 0.332. The maximum Gasteiger partial charge on any atom is 1.00 e. The summed E-state index contributed by atoms with van der Waals surface area (Å²) in [5.41, 5.74) is 0. The Labute approximate surface area is 85.7 Å². The SMILES string of the molecule is [Na+].[S-]c1cnc(Cl)cn1. The topological polar surface area (TPSA) is 25.8 Å². The van der Waals surface area contributed by atoms with Gasteiger partial charge in [-0.05, 0) is 0 Å². The summed E-state index contributed by atoms with van der Waals surface area (Å²) in [6.07, 6.45) is 2.86. The van der Waals surface area contributed by atoms with Gasteiger partial charge in [0.2, 0.25) is 0 Å². The first-order valence-electron chi connectivity index (χ1n) is 1.93. The zero-order valence-electron chi connectivity index (χ0n) is 4.84. The third-order valence-corrected chi connectivity index (χ3v) is 1.00. The second-order valence-electron chi connectivity index (χ2n) is 1.18. The van der Waals surface area contributed by atoms with E-state index in [1.807, 2.05) is 0 Å². The number of nitrogens with zero attached hydrogens (tertiary/aromatic N) is 2. The van der Waals surface area contributed by atoms with E-state index >= 15 is 0 Å². The van der Waals surface area contributed by atoms with Crippen LogP contribution in [0.15, 0.2) is 17.4 Å². The monoisotopic (exact) mass is 168 g/mol. The molecule has 9 heavy (non-hydrogen) atoms. The Balaban J connectivity index is 0.000000640. The molecule has 1 rings (SSSR count). The van der Waals surface area contributed by atoms with E-state index < -0.39 is 0 Å². The van der Waals surface area contributed by atoms with Crippen molar-refractivity contribution in [1.29, 1.82) is 0 Å². The van der Waals surface area contributed by atoms with Crippen LogP contribution in [0, 0.1) is 0 Å². The van der Waals surface area contributed by atoms with E-state index in [1.165, 1.54) is 12.4 Å². The van der Waals surface area contributed by atoms with Gasteiger partial charge in [-0.1, -0.05) is 16.6 Å². The van der Waals surface area contributed by atoms with Gasteiger partial charge in [-0.15, -0.1) is 0 Å². The Morgan fingerprint density at radius 1 is 1.33 bits per heavy atom. The van der Waals surface area contributed by atoms with Gasteiger partial charge < -0.3 is 12.6 Å². The first-order chi connectivity index (χ1) is 3.79. The van der Waals surface area contributed by atoms with E-state index in [-0.39, 0.29) is 29.6 Å². The van der Waals surface area contributed by atoms with Crippen molar-refractivity contribution in [3.05, 3.63) is 17.5 Å². The van der Waals surface area contributed by atoms with E-state index in [9.17, 15) is 0 Å². The molecule has 0 atom stereocenters.